The Balaban J connectivity index is 2.58. The number of nitrogens with zero attached hydrogens (tertiary/aromatic N) is 2. The summed E-state index contributed by atoms with van der Waals surface area (Å²) in [6.45, 7) is 4.61. The molecule has 1 saturated heterocycles. The van der Waals surface area contributed by atoms with Gasteiger partial charge in [0.2, 0.25) is 11.8 Å². The first kappa shape index (κ1) is 16.2. The number of hydrazine groups is 2. The number of rotatable bonds is 6. The van der Waals surface area contributed by atoms with E-state index in [1.54, 1.807) is 23.6 Å². The summed E-state index contributed by atoms with van der Waals surface area (Å²) in [6, 6.07) is -0.669. The van der Waals surface area contributed by atoms with Crippen LogP contribution >= 0.6 is 0 Å². The van der Waals surface area contributed by atoms with Gasteiger partial charge < -0.3 is 9.80 Å². The van der Waals surface area contributed by atoms with Crippen LogP contribution in [0.5, 0.6) is 0 Å². The van der Waals surface area contributed by atoms with E-state index in [2.05, 4.69) is 0 Å². The molecule has 1 aliphatic heterocycles. The van der Waals surface area contributed by atoms with Crippen LogP contribution in [0.25, 0.3) is 0 Å². The summed E-state index contributed by atoms with van der Waals surface area (Å²) in [6.07, 6.45) is 0.293. The number of hydrogen-bond acceptors (Lipinski definition) is 5. The molecule has 6 N–H and O–H groups in total. The molecular formula is C11H22N6O3. The molecule has 1 heterocycles. The Morgan fingerprint density at radius 1 is 1.05 bits per heavy atom. The average molecular weight is 286 g/mol. The summed E-state index contributed by atoms with van der Waals surface area (Å²) >= 11 is 0. The summed E-state index contributed by atoms with van der Waals surface area (Å²) in [5.74, 6) is 9.42. The molecule has 0 aromatic heterocycles. The topological polar surface area (TPSA) is 134 Å². The maximum Gasteiger partial charge on any atom is 0.320 e. The minimum Gasteiger partial charge on any atom is -0.320 e. The average Bonchev–Trinajstić information content (AvgIpc) is 2.80. The highest BCUT2D eigenvalue weighted by Gasteiger charge is 2.35. The molecule has 0 aliphatic carbocycles. The van der Waals surface area contributed by atoms with Crippen LogP contribution in [0.1, 0.15) is 26.7 Å². The normalized spacial score (nSPS) is 17.9. The largest absolute Gasteiger partial charge is 0.320 e. The number of urea groups is 1. The second-order valence-corrected chi connectivity index (χ2v) is 4.91. The summed E-state index contributed by atoms with van der Waals surface area (Å²) in [4.78, 5) is 37.9. The molecule has 0 aromatic carbocycles. The number of amides is 4. The fourth-order valence-electron chi connectivity index (χ4n) is 2.26. The fourth-order valence-corrected chi connectivity index (χ4v) is 2.26. The lowest BCUT2D eigenvalue weighted by molar-refractivity contribution is -0.122. The maximum atomic E-state index is 12.3. The molecule has 1 fully saturated rings. The molecule has 20 heavy (non-hydrogen) atoms. The Morgan fingerprint density at radius 3 is 1.70 bits per heavy atom. The van der Waals surface area contributed by atoms with E-state index in [9.17, 15) is 14.4 Å². The predicted molar refractivity (Wildman–Crippen MR) is 71.6 cm³/mol. The molecule has 0 saturated carbocycles. The lowest BCUT2D eigenvalue weighted by atomic mass is 10.2. The third kappa shape index (κ3) is 3.81. The van der Waals surface area contributed by atoms with Gasteiger partial charge in [0.15, 0.2) is 0 Å². The molecule has 2 atom stereocenters. The molecule has 9 nitrogen and oxygen atoms in total. The van der Waals surface area contributed by atoms with Crippen molar-refractivity contribution in [3.63, 3.8) is 0 Å². The number of carbonyl (C=O) groups excluding carboxylic acids is 3. The highest BCUT2D eigenvalue weighted by atomic mass is 16.2. The van der Waals surface area contributed by atoms with Gasteiger partial charge in [-0.3, -0.25) is 20.4 Å². The first-order valence-corrected chi connectivity index (χ1v) is 6.46. The third-order valence-electron chi connectivity index (χ3n) is 3.42. The van der Waals surface area contributed by atoms with Gasteiger partial charge in [-0.2, -0.15) is 0 Å². The fraction of sp³-hybridized carbons (Fsp3) is 0.727. The van der Waals surface area contributed by atoms with Crippen molar-refractivity contribution in [2.24, 2.45) is 11.7 Å². The summed E-state index contributed by atoms with van der Waals surface area (Å²) in [5.41, 5.74) is 4.09. The number of nitrogens with one attached hydrogen (secondary N) is 2. The van der Waals surface area contributed by atoms with Crippen molar-refractivity contribution in [2.75, 3.05) is 13.1 Å². The Morgan fingerprint density at radius 2 is 1.40 bits per heavy atom. The third-order valence-corrected chi connectivity index (χ3v) is 3.42. The Kier molecular flexibility index (Phi) is 5.71. The summed E-state index contributed by atoms with van der Waals surface area (Å²) in [7, 11) is 0. The van der Waals surface area contributed by atoms with Gasteiger partial charge in [-0.05, 0) is 13.8 Å². The highest BCUT2D eigenvalue weighted by Crippen LogP contribution is 2.18. The van der Waals surface area contributed by atoms with Crippen molar-refractivity contribution in [3.8, 4) is 0 Å². The molecule has 0 aromatic rings. The van der Waals surface area contributed by atoms with E-state index in [4.69, 9.17) is 11.7 Å². The van der Waals surface area contributed by atoms with Crippen LogP contribution in [0, 0.1) is 0 Å². The van der Waals surface area contributed by atoms with Crippen LogP contribution in [-0.2, 0) is 9.59 Å². The SMILES string of the molecule is CC(CC(=O)NN)N1CCN(C(C)CC(=O)NN)C1=O. The smallest absolute Gasteiger partial charge is 0.320 e. The van der Waals surface area contributed by atoms with Crippen LogP contribution < -0.4 is 22.5 Å². The zero-order valence-electron chi connectivity index (χ0n) is 11.8. The van der Waals surface area contributed by atoms with Crippen LogP contribution in [0.15, 0.2) is 0 Å². The maximum absolute atomic E-state index is 12.3. The minimum atomic E-state index is -0.320. The number of carbonyl (C=O) groups is 3. The van der Waals surface area contributed by atoms with Crippen LogP contribution in [0.4, 0.5) is 4.79 Å². The highest BCUT2D eigenvalue weighted by molar-refractivity contribution is 5.81. The molecular weight excluding hydrogens is 264 g/mol. The van der Waals surface area contributed by atoms with Gasteiger partial charge in [0.05, 0.1) is 0 Å². The van der Waals surface area contributed by atoms with Gasteiger partial charge >= 0.3 is 6.03 Å². The van der Waals surface area contributed by atoms with E-state index < -0.39 is 0 Å². The Labute approximate surface area is 117 Å². The molecule has 0 spiro atoms. The Hall–Kier alpha value is -1.87. The van der Waals surface area contributed by atoms with Gasteiger partial charge in [-0.25, -0.2) is 16.5 Å². The lowest BCUT2D eigenvalue weighted by Gasteiger charge is -2.27. The van der Waals surface area contributed by atoms with Gasteiger partial charge in [-0.15, -0.1) is 0 Å². The standard InChI is InChI=1S/C11H22N6O3/c1-7(5-9(18)14-12)16-3-4-17(11(16)20)8(2)6-10(19)15-13/h7-8H,3-6,12-13H2,1-2H3,(H,14,18)(H,15,19). The first-order valence-electron chi connectivity index (χ1n) is 6.46. The van der Waals surface area contributed by atoms with E-state index >= 15 is 0 Å². The second-order valence-electron chi connectivity index (χ2n) is 4.91. The van der Waals surface area contributed by atoms with Crippen LogP contribution in [0.2, 0.25) is 0 Å². The van der Waals surface area contributed by atoms with E-state index in [0.29, 0.717) is 13.1 Å². The molecule has 4 amide bonds. The summed E-state index contributed by atoms with van der Waals surface area (Å²) in [5, 5.41) is 0. The van der Waals surface area contributed by atoms with Crippen molar-refractivity contribution in [1.29, 1.82) is 0 Å². The predicted octanol–water partition coefficient (Wildman–Crippen LogP) is -1.74. The zero-order chi connectivity index (χ0) is 15.3. The lowest BCUT2D eigenvalue weighted by Crippen LogP contribution is -2.45. The van der Waals surface area contributed by atoms with Crippen molar-refractivity contribution < 1.29 is 14.4 Å². The van der Waals surface area contributed by atoms with Crippen LogP contribution in [0.3, 0.4) is 0 Å². The molecule has 1 aliphatic rings. The molecule has 0 radical (unpaired) electrons. The first-order chi connectivity index (χ1) is 9.40. The van der Waals surface area contributed by atoms with E-state index in [1.807, 2.05) is 10.9 Å². The number of nitrogens with two attached hydrogens (primary N) is 2. The van der Waals surface area contributed by atoms with Gasteiger partial charge in [0.25, 0.3) is 0 Å². The van der Waals surface area contributed by atoms with Crippen LogP contribution in [-0.4, -0.2) is 52.8 Å². The molecule has 0 bridgehead atoms. The minimum absolute atomic E-state index is 0.147. The monoisotopic (exact) mass is 286 g/mol. The molecule has 2 unspecified atom stereocenters. The Bertz CT molecular complexity index is 354. The molecule has 114 valence electrons. The van der Waals surface area contributed by atoms with Crippen molar-refractivity contribution in [1.82, 2.24) is 20.7 Å². The van der Waals surface area contributed by atoms with E-state index in [-0.39, 0.29) is 42.8 Å². The van der Waals surface area contributed by atoms with Crippen molar-refractivity contribution in [3.05, 3.63) is 0 Å². The van der Waals surface area contributed by atoms with Crippen molar-refractivity contribution in [2.45, 2.75) is 38.8 Å². The quantitative estimate of drug-likeness (QED) is 0.261. The molecule has 9 heteroatoms. The zero-order valence-corrected chi connectivity index (χ0v) is 11.8. The second kappa shape index (κ2) is 7.06. The summed E-state index contributed by atoms with van der Waals surface area (Å²) < 4.78 is 0. The van der Waals surface area contributed by atoms with E-state index in [0.717, 1.165) is 0 Å². The van der Waals surface area contributed by atoms with Crippen molar-refractivity contribution >= 4 is 17.8 Å². The van der Waals surface area contributed by atoms with Gasteiger partial charge in [0, 0.05) is 38.0 Å². The van der Waals surface area contributed by atoms with Gasteiger partial charge in [0.1, 0.15) is 0 Å². The molecule has 1 rings (SSSR count). The van der Waals surface area contributed by atoms with Gasteiger partial charge in [-0.1, -0.05) is 0 Å². The van der Waals surface area contributed by atoms with E-state index in [1.165, 1.54) is 0 Å². The number of hydrogen-bond donors (Lipinski definition) is 4.